The van der Waals surface area contributed by atoms with Gasteiger partial charge < -0.3 is 10.1 Å². The Morgan fingerprint density at radius 1 is 1.12 bits per heavy atom. The molecule has 0 spiro atoms. The number of nitrogens with one attached hydrogen (secondary N) is 1. The fraction of sp³-hybridized carbons (Fsp3) is 0.0526. The highest BCUT2D eigenvalue weighted by Crippen LogP contribution is 2.32. The molecular weight excluding hydrogens is 338 g/mol. The van der Waals surface area contributed by atoms with Gasteiger partial charge in [0.05, 0.1) is 11.4 Å². The summed E-state index contributed by atoms with van der Waals surface area (Å²) in [5.74, 6) is 0.0931. The topological polar surface area (TPSA) is 70.4 Å². The molecule has 0 aliphatic heterocycles. The molecule has 0 atom stereocenters. The summed E-state index contributed by atoms with van der Waals surface area (Å²) in [5.41, 5.74) is 3.88. The highest BCUT2D eigenvalue weighted by atomic mass is 35.5. The molecule has 2 aromatic heterocycles. The Bertz CT molecular complexity index is 1140. The van der Waals surface area contributed by atoms with Crippen molar-refractivity contribution in [3.63, 3.8) is 0 Å². The molecule has 5 nitrogen and oxygen atoms in total. The summed E-state index contributed by atoms with van der Waals surface area (Å²) in [6, 6.07) is 15.7. The number of para-hydroxylation sites is 1. The summed E-state index contributed by atoms with van der Waals surface area (Å²) < 4.78 is 1.65. The molecular formula is C19H14ClN3O2. The van der Waals surface area contributed by atoms with E-state index in [1.165, 1.54) is 6.07 Å². The average molecular weight is 352 g/mol. The van der Waals surface area contributed by atoms with E-state index in [9.17, 15) is 9.90 Å². The van der Waals surface area contributed by atoms with Crippen LogP contribution in [-0.4, -0.2) is 19.7 Å². The van der Waals surface area contributed by atoms with Crippen LogP contribution in [0.1, 0.15) is 5.69 Å². The van der Waals surface area contributed by atoms with E-state index in [1.807, 2.05) is 19.1 Å². The molecule has 0 radical (unpaired) electrons. The molecule has 25 heavy (non-hydrogen) atoms. The first-order valence-electron chi connectivity index (χ1n) is 7.71. The van der Waals surface area contributed by atoms with Crippen LogP contribution in [0, 0.1) is 6.92 Å². The van der Waals surface area contributed by atoms with Crippen LogP contribution >= 0.6 is 11.6 Å². The van der Waals surface area contributed by atoms with Crippen molar-refractivity contribution >= 4 is 17.2 Å². The van der Waals surface area contributed by atoms with Gasteiger partial charge in [-0.15, -0.1) is 0 Å². The van der Waals surface area contributed by atoms with Crippen LogP contribution < -0.4 is 5.56 Å². The van der Waals surface area contributed by atoms with E-state index < -0.39 is 0 Å². The second-order valence-electron chi connectivity index (χ2n) is 5.76. The maximum absolute atomic E-state index is 12.2. The number of rotatable bonds is 2. The van der Waals surface area contributed by atoms with Gasteiger partial charge in [-0.1, -0.05) is 35.9 Å². The van der Waals surface area contributed by atoms with E-state index >= 15 is 0 Å². The van der Waals surface area contributed by atoms with Crippen molar-refractivity contribution in [2.45, 2.75) is 6.92 Å². The minimum atomic E-state index is -0.263. The van der Waals surface area contributed by atoms with E-state index in [-0.39, 0.29) is 11.3 Å². The summed E-state index contributed by atoms with van der Waals surface area (Å²) in [5, 5.41) is 15.4. The van der Waals surface area contributed by atoms with Gasteiger partial charge in [0, 0.05) is 22.2 Å². The summed E-state index contributed by atoms with van der Waals surface area (Å²) in [6.07, 6.45) is 0. The molecule has 2 aromatic carbocycles. The normalized spacial score (nSPS) is 11.1. The number of hydrogen-bond donors (Lipinski definition) is 2. The summed E-state index contributed by atoms with van der Waals surface area (Å²) in [4.78, 5) is 15.1. The molecule has 4 aromatic rings. The van der Waals surface area contributed by atoms with Crippen LogP contribution in [0.4, 0.5) is 0 Å². The van der Waals surface area contributed by atoms with E-state index in [2.05, 4.69) is 10.1 Å². The number of phenols is 1. The maximum Gasteiger partial charge on any atom is 0.251 e. The lowest BCUT2D eigenvalue weighted by molar-refractivity contribution is 0.477. The second kappa shape index (κ2) is 5.79. The van der Waals surface area contributed by atoms with Crippen molar-refractivity contribution in [3.8, 4) is 28.1 Å². The molecule has 0 unspecified atom stereocenters. The SMILES string of the molecule is Cc1nn2c(-c3ccccc3O)cc(=O)[nH]c2c1-c1ccc(Cl)cc1. The predicted octanol–water partition coefficient (Wildman–Crippen LogP) is 4.02. The molecule has 0 aliphatic rings. The number of halogens is 1. The molecule has 2 N–H and O–H groups in total. The van der Waals surface area contributed by atoms with Gasteiger partial charge in [0.2, 0.25) is 0 Å². The Labute approximate surface area is 148 Å². The van der Waals surface area contributed by atoms with Gasteiger partial charge in [0.1, 0.15) is 11.4 Å². The van der Waals surface area contributed by atoms with Crippen LogP contribution in [-0.2, 0) is 0 Å². The number of nitrogens with zero attached hydrogens (tertiary/aromatic N) is 2. The van der Waals surface area contributed by atoms with Crippen molar-refractivity contribution in [3.05, 3.63) is 75.7 Å². The zero-order valence-corrected chi connectivity index (χ0v) is 14.1. The molecule has 0 saturated carbocycles. The number of aromatic nitrogens is 3. The zero-order valence-electron chi connectivity index (χ0n) is 13.3. The third kappa shape index (κ3) is 2.58. The Morgan fingerprint density at radius 2 is 1.84 bits per heavy atom. The summed E-state index contributed by atoms with van der Waals surface area (Å²) in [6.45, 7) is 1.88. The number of aromatic hydroxyl groups is 1. The molecule has 124 valence electrons. The van der Waals surface area contributed by atoms with Crippen LogP contribution in [0.3, 0.4) is 0 Å². The van der Waals surface area contributed by atoms with Crippen molar-refractivity contribution in [2.75, 3.05) is 0 Å². The molecule has 0 saturated heterocycles. The quantitative estimate of drug-likeness (QED) is 0.573. The molecule has 0 aliphatic carbocycles. The minimum absolute atomic E-state index is 0.0931. The number of fused-ring (bicyclic) bond motifs is 1. The fourth-order valence-corrected chi connectivity index (χ4v) is 3.13. The van der Waals surface area contributed by atoms with Gasteiger partial charge in [0.25, 0.3) is 5.56 Å². The molecule has 0 amide bonds. The van der Waals surface area contributed by atoms with Crippen LogP contribution in [0.5, 0.6) is 5.75 Å². The number of phenolic OH excluding ortho intramolecular Hbond substituents is 1. The summed E-state index contributed by atoms with van der Waals surface area (Å²) in [7, 11) is 0. The smallest absolute Gasteiger partial charge is 0.251 e. The lowest BCUT2D eigenvalue weighted by atomic mass is 10.1. The highest BCUT2D eigenvalue weighted by Gasteiger charge is 2.17. The maximum atomic E-state index is 12.2. The Kier molecular flexibility index (Phi) is 3.58. The fourth-order valence-electron chi connectivity index (χ4n) is 3.00. The van der Waals surface area contributed by atoms with Gasteiger partial charge in [-0.25, -0.2) is 4.52 Å². The minimum Gasteiger partial charge on any atom is -0.507 e. The number of benzene rings is 2. The highest BCUT2D eigenvalue weighted by molar-refractivity contribution is 6.30. The van der Waals surface area contributed by atoms with Crippen molar-refractivity contribution in [1.82, 2.24) is 14.6 Å². The number of aryl methyl sites for hydroxylation is 1. The number of aromatic amines is 1. The van der Waals surface area contributed by atoms with Gasteiger partial charge in [0.15, 0.2) is 0 Å². The van der Waals surface area contributed by atoms with Crippen LogP contribution in [0.25, 0.3) is 28.0 Å². The first-order chi connectivity index (χ1) is 12.0. The lowest BCUT2D eigenvalue weighted by Crippen LogP contribution is -2.09. The van der Waals surface area contributed by atoms with Gasteiger partial charge in [-0.2, -0.15) is 5.10 Å². The van der Waals surface area contributed by atoms with Crippen molar-refractivity contribution in [2.24, 2.45) is 0 Å². The third-order valence-electron chi connectivity index (χ3n) is 4.11. The zero-order chi connectivity index (χ0) is 17.6. The lowest BCUT2D eigenvalue weighted by Gasteiger charge is -2.07. The van der Waals surface area contributed by atoms with Gasteiger partial charge in [-0.05, 0) is 36.8 Å². The first-order valence-corrected chi connectivity index (χ1v) is 8.09. The molecule has 6 heteroatoms. The molecule has 4 rings (SSSR count). The Balaban J connectivity index is 2.06. The standard InChI is InChI=1S/C19H14ClN3O2/c1-11-18(12-6-8-13(20)9-7-12)19-21-17(25)10-15(23(19)22-11)14-4-2-3-5-16(14)24/h2-10,24H,1H3,(H,21,25). The first kappa shape index (κ1) is 15.5. The molecule has 2 heterocycles. The van der Waals surface area contributed by atoms with Gasteiger partial charge >= 0.3 is 0 Å². The number of H-pyrrole nitrogens is 1. The van der Waals surface area contributed by atoms with Crippen molar-refractivity contribution < 1.29 is 5.11 Å². The van der Waals surface area contributed by atoms with E-state index in [1.54, 1.807) is 40.9 Å². The Hall–Kier alpha value is -3.05. The molecule has 0 fully saturated rings. The molecule has 0 bridgehead atoms. The second-order valence-corrected chi connectivity index (χ2v) is 6.20. The Morgan fingerprint density at radius 3 is 2.56 bits per heavy atom. The van der Waals surface area contributed by atoms with Crippen molar-refractivity contribution in [1.29, 1.82) is 0 Å². The monoisotopic (exact) mass is 351 g/mol. The largest absolute Gasteiger partial charge is 0.507 e. The predicted molar refractivity (Wildman–Crippen MR) is 98.1 cm³/mol. The van der Waals surface area contributed by atoms with E-state index in [0.29, 0.717) is 21.9 Å². The van der Waals surface area contributed by atoms with Gasteiger partial charge in [-0.3, -0.25) is 4.79 Å². The van der Waals surface area contributed by atoms with E-state index in [4.69, 9.17) is 11.6 Å². The average Bonchev–Trinajstić information content (AvgIpc) is 2.91. The van der Waals surface area contributed by atoms with E-state index in [0.717, 1.165) is 16.8 Å². The number of hydrogen-bond acceptors (Lipinski definition) is 3. The van der Waals surface area contributed by atoms with Crippen LogP contribution in [0.15, 0.2) is 59.4 Å². The summed E-state index contributed by atoms with van der Waals surface area (Å²) >= 11 is 5.97. The van der Waals surface area contributed by atoms with Crippen LogP contribution in [0.2, 0.25) is 5.02 Å². The third-order valence-corrected chi connectivity index (χ3v) is 4.36.